The normalized spacial score (nSPS) is 8.71. The van der Waals surface area contributed by atoms with Crippen LogP contribution in [0.5, 0.6) is 0 Å². The Morgan fingerprint density at radius 1 is 0.941 bits per heavy atom. The molecule has 0 spiro atoms. The summed E-state index contributed by atoms with van der Waals surface area (Å²) >= 11 is 0. The number of carbonyl (C=O) groups is 2. The number of hydrogen-bond donors (Lipinski definition) is 0. The van der Waals surface area contributed by atoms with Crippen molar-refractivity contribution in [2.24, 2.45) is 0 Å². The highest BCUT2D eigenvalue weighted by Crippen LogP contribution is 2.10. The summed E-state index contributed by atoms with van der Waals surface area (Å²) in [5, 5.41) is 0. The van der Waals surface area contributed by atoms with E-state index in [9.17, 15) is 9.59 Å². The molecule has 0 bridgehead atoms. The Morgan fingerprint density at radius 3 is 1.47 bits per heavy atom. The van der Waals surface area contributed by atoms with Crippen LogP contribution in [0, 0.1) is 0 Å². The van der Waals surface area contributed by atoms with Gasteiger partial charge in [0.15, 0.2) is 0 Å². The molecule has 0 aliphatic carbocycles. The average molecular weight is 254 g/mol. The fourth-order valence-corrected chi connectivity index (χ4v) is 1.06. The Kier molecular flexibility index (Phi) is 7.71. The fraction of sp³-hybridized carbons (Fsp3) is 0.333. The summed E-state index contributed by atoms with van der Waals surface area (Å²) in [6, 6.07) is 6.33. The van der Waals surface area contributed by atoms with Crippen LogP contribution in [-0.4, -0.2) is 35.7 Å². The molecule has 0 atom stereocenters. The van der Waals surface area contributed by atoms with E-state index in [0.717, 1.165) is 0 Å². The smallest absolute Gasteiger partial charge is 0.338 e. The van der Waals surface area contributed by atoms with E-state index in [-0.39, 0.29) is 11.1 Å². The highest BCUT2D eigenvalue weighted by Gasteiger charge is 2.16. The second-order valence-corrected chi connectivity index (χ2v) is 4.65. The molecule has 0 aromatic heterocycles. The average Bonchev–Trinajstić information content (AvgIpc) is 2.37. The molecule has 94 valence electrons. The van der Waals surface area contributed by atoms with Gasteiger partial charge in [-0.15, -0.1) is 0 Å². The maximum Gasteiger partial charge on any atom is 0.338 e. The second-order valence-electron chi connectivity index (χ2n) is 3.24. The van der Waals surface area contributed by atoms with Crippen LogP contribution in [0.4, 0.5) is 0 Å². The zero-order valence-corrected chi connectivity index (χ0v) is 12.1. The zero-order chi connectivity index (χ0) is 13.3. The molecule has 0 amide bonds. The van der Waals surface area contributed by atoms with Gasteiger partial charge >= 0.3 is 11.9 Å². The van der Waals surface area contributed by atoms with Crippen molar-refractivity contribution in [2.75, 3.05) is 14.2 Å². The molecule has 0 saturated heterocycles. The first kappa shape index (κ1) is 15.4. The Bertz CT molecular complexity index is 342. The third-order valence-electron chi connectivity index (χ3n) is 1.74. The predicted molar refractivity (Wildman–Crippen MR) is 69.4 cm³/mol. The van der Waals surface area contributed by atoms with Gasteiger partial charge < -0.3 is 9.47 Å². The lowest BCUT2D eigenvalue weighted by atomic mass is 10.1. The summed E-state index contributed by atoms with van der Waals surface area (Å²) in [4.78, 5) is 22.4. The van der Waals surface area contributed by atoms with E-state index < -0.39 is 11.9 Å². The van der Waals surface area contributed by atoms with E-state index in [1.165, 1.54) is 26.4 Å². The molecule has 1 aromatic rings. The van der Waals surface area contributed by atoms with E-state index >= 15 is 0 Å². The first-order valence-corrected chi connectivity index (χ1v) is 8.20. The van der Waals surface area contributed by atoms with Gasteiger partial charge in [-0.2, -0.15) is 0 Å². The molecule has 1 rings (SSSR count). The maximum atomic E-state index is 11.2. The highest BCUT2D eigenvalue weighted by molar-refractivity contribution is 6.31. The van der Waals surface area contributed by atoms with Gasteiger partial charge in [-0.3, -0.25) is 0 Å². The number of rotatable bonds is 2. The second kappa shape index (κ2) is 8.52. The summed E-state index contributed by atoms with van der Waals surface area (Å²) in [6.45, 7) is 4.53. The van der Waals surface area contributed by atoms with Gasteiger partial charge in [0.25, 0.3) is 0 Å². The Labute approximate surface area is 104 Å². The molecular weight excluding hydrogens is 236 g/mol. The Hall–Kier alpha value is -1.62. The summed E-state index contributed by atoms with van der Waals surface area (Å²) in [7, 11) is 2.94. The van der Waals surface area contributed by atoms with Crippen LogP contribution < -0.4 is 0 Å². The Morgan fingerprint density at radius 2 is 1.24 bits per heavy atom. The van der Waals surface area contributed by atoms with Crippen LogP contribution >= 0.6 is 0 Å². The van der Waals surface area contributed by atoms with E-state index in [0.29, 0.717) is 9.52 Å². The molecule has 0 saturated carbocycles. The summed E-state index contributed by atoms with van der Waals surface area (Å²) in [5.41, 5.74) is 0.420. The molecule has 0 heterocycles. The van der Waals surface area contributed by atoms with Gasteiger partial charge in [0, 0.05) is 9.52 Å². The van der Waals surface area contributed by atoms with Crippen LogP contribution in [0.25, 0.3) is 0 Å². The van der Waals surface area contributed by atoms with Crippen molar-refractivity contribution in [3.63, 3.8) is 0 Å². The van der Waals surface area contributed by atoms with Crippen molar-refractivity contribution in [3.8, 4) is 0 Å². The fourth-order valence-electron chi connectivity index (χ4n) is 1.06. The minimum absolute atomic E-state index is 0.210. The highest BCUT2D eigenvalue weighted by atomic mass is 28.2. The summed E-state index contributed by atoms with van der Waals surface area (Å²) in [5.74, 6) is -1.10. The number of hydrogen-bond acceptors (Lipinski definition) is 4. The molecule has 4 nitrogen and oxygen atoms in total. The number of ether oxygens (including phenoxy) is 2. The van der Waals surface area contributed by atoms with Crippen LogP contribution in [0.1, 0.15) is 20.7 Å². The third kappa shape index (κ3) is 4.82. The first-order valence-electron chi connectivity index (χ1n) is 5.37. The van der Waals surface area contributed by atoms with Crippen molar-refractivity contribution in [3.05, 3.63) is 35.4 Å². The van der Waals surface area contributed by atoms with E-state index in [4.69, 9.17) is 0 Å². The lowest BCUT2D eigenvalue weighted by Gasteiger charge is -2.04. The molecular formula is C12H18O4Si. The molecule has 0 radical (unpaired) electrons. The van der Waals surface area contributed by atoms with Crippen molar-refractivity contribution >= 4 is 21.5 Å². The van der Waals surface area contributed by atoms with Gasteiger partial charge in [0.05, 0.1) is 25.3 Å². The first-order chi connectivity index (χ1) is 8.12. The van der Waals surface area contributed by atoms with Crippen molar-refractivity contribution in [2.45, 2.75) is 13.1 Å². The number of esters is 2. The predicted octanol–water partition coefficient (Wildman–Crippen LogP) is 1.51. The number of carbonyl (C=O) groups excluding carboxylic acids is 2. The van der Waals surface area contributed by atoms with Crippen LogP contribution in [0.2, 0.25) is 13.1 Å². The van der Waals surface area contributed by atoms with E-state index in [2.05, 4.69) is 22.6 Å². The van der Waals surface area contributed by atoms with Gasteiger partial charge in [-0.1, -0.05) is 25.2 Å². The summed E-state index contributed by atoms with van der Waals surface area (Å²) < 4.78 is 9.05. The van der Waals surface area contributed by atoms with Gasteiger partial charge in [0.2, 0.25) is 0 Å². The Balaban J connectivity index is 0.000000770. The minimum atomic E-state index is -0.550. The van der Waals surface area contributed by atoms with Gasteiger partial charge in [-0.05, 0) is 12.1 Å². The van der Waals surface area contributed by atoms with Crippen molar-refractivity contribution in [1.29, 1.82) is 0 Å². The largest absolute Gasteiger partial charge is 0.465 e. The van der Waals surface area contributed by atoms with Crippen molar-refractivity contribution in [1.82, 2.24) is 0 Å². The zero-order valence-electron chi connectivity index (χ0n) is 10.6. The van der Waals surface area contributed by atoms with E-state index in [1.807, 2.05) is 0 Å². The molecule has 0 aliphatic heterocycles. The van der Waals surface area contributed by atoms with E-state index in [1.54, 1.807) is 12.1 Å². The molecule has 1 aromatic carbocycles. The summed E-state index contributed by atoms with van der Waals surface area (Å²) in [6.07, 6.45) is 0. The lowest BCUT2D eigenvalue weighted by Crippen LogP contribution is -2.11. The van der Waals surface area contributed by atoms with Crippen molar-refractivity contribution < 1.29 is 19.1 Å². The topological polar surface area (TPSA) is 52.6 Å². The molecule has 0 N–H and O–H groups in total. The lowest BCUT2D eigenvalue weighted by molar-refractivity contribution is 0.0555. The molecule has 0 aliphatic rings. The molecule has 0 fully saturated rings. The van der Waals surface area contributed by atoms with Crippen LogP contribution in [-0.2, 0) is 9.47 Å². The monoisotopic (exact) mass is 254 g/mol. The SMILES string of the molecule is COC(=O)c1ccccc1C(=O)OC.C[SiH2]C. The molecule has 0 unspecified atom stereocenters. The van der Waals surface area contributed by atoms with Crippen LogP contribution in [0.3, 0.4) is 0 Å². The quantitative estimate of drug-likeness (QED) is 0.593. The molecule has 17 heavy (non-hydrogen) atoms. The van der Waals surface area contributed by atoms with Gasteiger partial charge in [-0.25, -0.2) is 9.59 Å². The van der Waals surface area contributed by atoms with Crippen LogP contribution in [0.15, 0.2) is 24.3 Å². The minimum Gasteiger partial charge on any atom is -0.465 e. The number of benzene rings is 1. The standard InChI is InChI=1S/C10H10O4.C2H8Si/c1-13-9(11)7-5-3-4-6-8(7)10(12)14-2;1-3-2/h3-6H,1-2H3;3H2,1-2H3. The third-order valence-corrected chi connectivity index (χ3v) is 1.74. The number of methoxy groups -OCH3 is 2. The maximum absolute atomic E-state index is 11.2. The van der Waals surface area contributed by atoms with Gasteiger partial charge in [0.1, 0.15) is 0 Å². The molecule has 5 heteroatoms.